The lowest BCUT2D eigenvalue weighted by atomic mass is 9.85. The van der Waals surface area contributed by atoms with Crippen LogP contribution < -0.4 is 15.5 Å². The summed E-state index contributed by atoms with van der Waals surface area (Å²) in [6.45, 7) is 12.2. The van der Waals surface area contributed by atoms with Gasteiger partial charge in [-0.25, -0.2) is 0 Å². The molecule has 2 heterocycles. The topological polar surface area (TPSA) is 85.0 Å². The lowest BCUT2D eigenvalue weighted by Gasteiger charge is -2.30. The number of piperazine rings is 1. The van der Waals surface area contributed by atoms with Crippen molar-refractivity contribution >= 4 is 29.1 Å². The summed E-state index contributed by atoms with van der Waals surface area (Å²) in [6, 6.07) is 5.70. The third-order valence-corrected chi connectivity index (χ3v) is 7.25. The highest BCUT2D eigenvalue weighted by Gasteiger charge is 2.28. The first-order chi connectivity index (χ1) is 16.7. The number of hydrogen-bond acceptors (Lipinski definition) is 5. The van der Waals surface area contributed by atoms with E-state index in [2.05, 4.69) is 36.3 Å². The van der Waals surface area contributed by atoms with E-state index in [0.717, 1.165) is 57.5 Å². The van der Waals surface area contributed by atoms with E-state index in [1.54, 1.807) is 0 Å². The molecule has 1 aromatic rings. The molecule has 2 saturated heterocycles. The van der Waals surface area contributed by atoms with Crippen molar-refractivity contribution in [2.24, 2.45) is 11.3 Å². The van der Waals surface area contributed by atoms with Crippen LogP contribution in [0.3, 0.4) is 0 Å². The van der Waals surface area contributed by atoms with Gasteiger partial charge in [0.25, 0.3) is 5.91 Å². The normalized spacial score (nSPS) is 19.7. The Hall–Kier alpha value is -2.61. The predicted molar refractivity (Wildman–Crippen MR) is 139 cm³/mol. The second-order valence-corrected chi connectivity index (χ2v) is 11.4. The molecule has 0 spiro atoms. The van der Waals surface area contributed by atoms with Gasteiger partial charge in [-0.1, -0.05) is 27.2 Å². The molecule has 3 amide bonds. The zero-order chi connectivity index (χ0) is 25.0. The molecular formula is C27H41N5O3. The number of carbonyl (C=O) groups excluding carboxylic acids is 3. The number of amides is 3. The van der Waals surface area contributed by atoms with Crippen molar-refractivity contribution < 1.29 is 14.4 Å². The molecule has 8 heteroatoms. The Morgan fingerprint density at radius 2 is 1.69 bits per heavy atom. The van der Waals surface area contributed by atoms with Crippen LogP contribution in [0.4, 0.5) is 11.4 Å². The Bertz CT molecular complexity index is 931. The lowest BCUT2D eigenvalue weighted by Crippen LogP contribution is -2.46. The van der Waals surface area contributed by atoms with E-state index < -0.39 is 0 Å². The van der Waals surface area contributed by atoms with Crippen molar-refractivity contribution in [1.29, 1.82) is 0 Å². The summed E-state index contributed by atoms with van der Waals surface area (Å²) in [4.78, 5) is 44.9. The van der Waals surface area contributed by atoms with Gasteiger partial charge < -0.3 is 25.3 Å². The van der Waals surface area contributed by atoms with E-state index in [1.807, 2.05) is 28.0 Å². The van der Waals surface area contributed by atoms with Crippen molar-refractivity contribution in [2.45, 2.75) is 52.9 Å². The van der Waals surface area contributed by atoms with Crippen molar-refractivity contribution in [2.75, 3.05) is 62.6 Å². The first-order valence-corrected chi connectivity index (χ1v) is 13.2. The van der Waals surface area contributed by atoms with Crippen LogP contribution in [0.2, 0.25) is 0 Å². The SMILES string of the molecule is CC(C)(C)CC(=O)N1CCCN(c2ccc(C(=O)N3CCNCC3)cc2NC(=O)C2CCC2)CC1. The van der Waals surface area contributed by atoms with E-state index in [9.17, 15) is 14.4 Å². The molecule has 192 valence electrons. The van der Waals surface area contributed by atoms with Crippen LogP contribution in [-0.4, -0.2) is 79.9 Å². The van der Waals surface area contributed by atoms with E-state index in [0.29, 0.717) is 43.9 Å². The van der Waals surface area contributed by atoms with Gasteiger partial charge in [0, 0.05) is 70.3 Å². The summed E-state index contributed by atoms with van der Waals surface area (Å²) in [7, 11) is 0. The van der Waals surface area contributed by atoms with Crippen LogP contribution in [0.15, 0.2) is 18.2 Å². The molecule has 0 unspecified atom stereocenters. The van der Waals surface area contributed by atoms with Crippen LogP contribution in [0, 0.1) is 11.3 Å². The predicted octanol–water partition coefficient (Wildman–Crippen LogP) is 2.95. The molecule has 2 N–H and O–H groups in total. The van der Waals surface area contributed by atoms with E-state index in [1.165, 1.54) is 0 Å². The molecular weight excluding hydrogens is 442 g/mol. The molecule has 0 radical (unpaired) electrons. The highest BCUT2D eigenvalue weighted by Crippen LogP contribution is 2.33. The Balaban J connectivity index is 1.52. The van der Waals surface area contributed by atoms with E-state index >= 15 is 0 Å². The average molecular weight is 484 g/mol. The molecule has 3 aliphatic rings. The number of carbonyl (C=O) groups is 3. The van der Waals surface area contributed by atoms with Gasteiger partial charge in [0.1, 0.15) is 0 Å². The zero-order valence-corrected chi connectivity index (χ0v) is 21.6. The number of anilines is 2. The maximum Gasteiger partial charge on any atom is 0.254 e. The minimum atomic E-state index is -0.0329. The first-order valence-electron chi connectivity index (χ1n) is 13.2. The van der Waals surface area contributed by atoms with Crippen LogP contribution >= 0.6 is 0 Å². The van der Waals surface area contributed by atoms with Crippen LogP contribution in [0.5, 0.6) is 0 Å². The van der Waals surface area contributed by atoms with Crippen molar-refractivity contribution in [3.8, 4) is 0 Å². The number of nitrogens with one attached hydrogen (secondary N) is 2. The Labute approximate surface area is 209 Å². The van der Waals surface area contributed by atoms with Gasteiger partial charge in [0.15, 0.2) is 0 Å². The smallest absolute Gasteiger partial charge is 0.254 e. The summed E-state index contributed by atoms with van der Waals surface area (Å²) in [5.74, 6) is 0.313. The third kappa shape index (κ3) is 6.54. The molecule has 0 aromatic heterocycles. The summed E-state index contributed by atoms with van der Waals surface area (Å²) in [5.41, 5.74) is 2.21. The second kappa shape index (κ2) is 11.0. The summed E-state index contributed by atoms with van der Waals surface area (Å²) in [5, 5.41) is 6.43. The standard InChI is InChI=1S/C27H41N5O3/c1-27(2,3)19-24(33)31-13-5-12-30(16-17-31)23-9-8-21(26(35)32-14-10-28-11-15-32)18-22(23)29-25(34)20-6-4-7-20/h8-9,18,20,28H,4-7,10-17,19H2,1-3H3,(H,29,34). The molecule has 1 aliphatic carbocycles. The molecule has 35 heavy (non-hydrogen) atoms. The molecule has 0 bridgehead atoms. The van der Waals surface area contributed by atoms with Gasteiger partial charge in [-0.15, -0.1) is 0 Å². The number of benzene rings is 1. The maximum absolute atomic E-state index is 13.1. The van der Waals surface area contributed by atoms with Crippen molar-refractivity contribution in [1.82, 2.24) is 15.1 Å². The van der Waals surface area contributed by atoms with Gasteiger partial charge in [-0.3, -0.25) is 14.4 Å². The number of hydrogen-bond donors (Lipinski definition) is 2. The summed E-state index contributed by atoms with van der Waals surface area (Å²) < 4.78 is 0. The molecule has 1 saturated carbocycles. The molecule has 3 fully saturated rings. The van der Waals surface area contributed by atoms with Crippen LogP contribution in [0.25, 0.3) is 0 Å². The van der Waals surface area contributed by atoms with E-state index in [4.69, 9.17) is 0 Å². The van der Waals surface area contributed by atoms with Gasteiger partial charge in [-0.05, 0) is 42.9 Å². The van der Waals surface area contributed by atoms with Gasteiger partial charge in [-0.2, -0.15) is 0 Å². The monoisotopic (exact) mass is 483 g/mol. The minimum Gasteiger partial charge on any atom is -0.368 e. The Morgan fingerprint density at radius 1 is 0.943 bits per heavy atom. The van der Waals surface area contributed by atoms with Crippen molar-refractivity contribution in [3.05, 3.63) is 23.8 Å². The quantitative estimate of drug-likeness (QED) is 0.673. The number of rotatable bonds is 5. The Kier molecular flexibility index (Phi) is 7.99. The van der Waals surface area contributed by atoms with Gasteiger partial charge in [0.2, 0.25) is 11.8 Å². The fourth-order valence-corrected chi connectivity index (χ4v) is 4.97. The molecule has 0 atom stereocenters. The lowest BCUT2D eigenvalue weighted by molar-refractivity contribution is -0.132. The Morgan fingerprint density at radius 3 is 2.34 bits per heavy atom. The zero-order valence-electron chi connectivity index (χ0n) is 21.6. The summed E-state index contributed by atoms with van der Waals surface area (Å²) >= 11 is 0. The fraction of sp³-hybridized carbons (Fsp3) is 0.667. The third-order valence-electron chi connectivity index (χ3n) is 7.25. The highest BCUT2D eigenvalue weighted by atomic mass is 16.2. The second-order valence-electron chi connectivity index (χ2n) is 11.4. The largest absolute Gasteiger partial charge is 0.368 e. The molecule has 1 aromatic carbocycles. The number of nitrogens with zero attached hydrogens (tertiary/aromatic N) is 3. The first kappa shape index (κ1) is 25.5. The van der Waals surface area contributed by atoms with Gasteiger partial charge >= 0.3 is 0 Å². The molecule has 8 nitrogen and oxygen atoms in total. The molecule has 2 aliphatic heterocycles. The molecule has 4 rings (SSSR count). The fourth-order valence-electron chi connectivity index (χ4n) is 4.97. The van der Waals surface area contributed by atoms with Crippen LogP contribution in [-0.2, 0) is 9.59 Å². The minimum absolute atomic E-state index is 0.00649. The highest BCUT2D eigenvalue weighted by molar-refractivity contribution is 6.00. The maximum atomic E-state index is 13.1. The van der Waals surface area contributed by atoms with Crippen LogP contribution in [0.1, 0.15) is 63.2 Å². The average Bonchev–Trinajstić information content (AvgIpc) is 3.03. The summed E-state index contributed by atoms with van der Waals surface area (Å²) in [6.07, 6.45) is 4.35. The van der Waals surface area contributed by atoms with Crippen molar-refractivity contribution in [3.63, 3.8) is 0 Å². The van der Waals surface area contributed by atoms with Gasteiger partial charge in [0.05, 0.1) is 11.4 Å². The van der Waals surface area contributed by atoms with E-state index in [-0.39, 0.29) is 29.1 Å².